The number of aliphatic carboxylic acids is 1. The topological polar surface area (TPSA) is 101 Å². The van der Waals surface area contributed by atoms with Gasteiger partial charge in [-0.2, -0.15) is 0 Å². The van der Waals surface area contributed by atoms with Crippen molar-refractivity contribution in [2.24, 2.45) is 5.92 Å². The maximum atomic E-state index is 13.6. The number of hydrogen-bond acceptors (Lipinski definition) is 4. The van der Waals surface area contributed by atoms with Gasteiger partial charge in [0.15, 0.2) is 11.6 Å². The molecule has 1 amide bonds. The molecule has 1 aliphatic rings. The Kier molecular flexibility index (Phi) is 5.75. The van der Waals surface area contributed by atoms with Gasteiger partial charge in [0.1, 0.15) is 5.92 Å². The Hall–Kier alpha value is -4.32. The minimum Gasteiger partial charge on any atom is -0.478 e. The van der Waals surface area contributed by atoms with E-state index in [0.717, 1.165) is 11.1 Å². The second kappa shape index (κ2) is 8.67. The Morgan fingerprint density at radius 1 is 0.758 bits per heavy atom. The summed E-state index contributed by atoms with van der Waals surface area (Å²) < 4.78 is 0. The minimum absolute atomic E-state index is 0.177. The Bertz CT molecular complexity index is 1260. The lowest BCUT2D eigenvalue weighted by atomic mass is 9.80. The van der Waals surface area contributed by atoms with Gasteiger partial charge in [0.05, 0.1) is 11.1 Å². The molecule has 1 heterocycles. The van der Waals surface area contributed by atoms with E-state index in [1.807, 2.05) is 13.8 Å². The molecule has 4 rings (SSSR count). The normalized spacial score (nSPS) is 14.0. The van der Waals surface area contributed by atoms with Gasteiger partial charge < -0.3 is 10.4 Å². The summed E-state index contributed by atoms with van der Waals surface area (Å²) in [5.41, 5.74) is 2.27. The Morgan fingerprint density at radius 2 is 1.24 bits per heavy atom. The fraction of sp³-hybridized carbons (Fsp3) is 0.111. The largest absolute Gasteiger partial charge is 0.478 e. The van der Waals surface area contributed by atoms with E-state index >= 15 is 0 Å². The third-order valence-corrected chi connectivity index (χ3v) is 5.66. The molecule has 0 bridgehead atoms. The molecule has 164 valence electrons. The van der Waals surface area contributed by atoms with Crippen molar-refractivity contribution in [3.05, 3.63) is 106 Å². The number of hydrogen-bond donors (Lipinski definition) is 2. The SMILES string of the molecule is Cc1ccc(C(=O)C(C(=O)c2ccc(C)cc2)/C(C(=O)O)=C2/C(=O)Nc3ccccc32)cc1. The number of benzene rings is 3. The van der Waals surface area contributed by atoms with Crippen LogP contribution >= 0.6 is 0 Å². The first kappa shape index (κ1) is 21.9. The average molecular weight is 439 g/mol. The van der Waals surface area contributed by atoms with Crippen LogP contribution in [0.4, 0.5) is 5.69 Å². The molecule has 0 atom stereocenters. The van der Waals surface area contributed by atoms with Gasteiger partial charge in [-0.3, -0.25) is 14.4 Å². The Morgan fingerprint density at radius 3 is 1.73 bits per heavy atom. The molecular weight excluding hydrogens is 418 g/mol. The summed E-state index contributed by atoms with van der Waals surface area (Å²) in [7, 11) is 0. The van der Waals surface area contributed by atoms with Gasteiger partial charge in [-0.1, -0.05) is 77.9 Å². The van der Waals surface area contributed by atoms with Crippen molar-refractivity contribution in [3.8, 4) is 0 Å². The highest BCUT2D eigenvalue weighted by atomic mass is 16.4. The first-order valence-corrected chi connectivity index (χ1v) is 10.4. The lowest BCUT2D eigenvalue weighted by Gasteiger charge is -2.18. The van der Waals surface area contributed by atoms with Gasteiger partial charge in [-0.25, -0.2) is 4.79 Å². The van der Waals surface area contributed by atoms with Crippen molar-refractivity contribution in [2.45, 2.75) is 13.8 Å². The van der Waals surface area contributed by atoms with Crippen molar-refractivity contribution >= 4 is 34.7 Å². The number of Topliss-reactive ketones (excluding diaryl/α,β-unsaturated/α-hetero) is 2. The number of para-hydroxylation sites is 1. The highest BCUT2D eigenvalue weighted by Gasteiger charge is 2.41. The zero-order chi connectivity index (χ0) is 23.7. The summed E-state index contributed by atoms with van der Waals surface area (Å²) in [5, 5.41) is 12.8. The number of amides is 1. The molecule has 3 aromatic rings. The van der Waals surface area contributed by atoms with Crippen molar-refractivity contribution in [1.82, 2.24) is 0 Å². The fourth-order valence-electron chi connectivity index (χ4n) is 3.91. The van der Waals surface area contributed by atoms with Gasteiger partial charge in [0.25, 0.3) is 5.91 Å². The molecule has 0 unspecified atom stereocenters. The zero-order valence-corrected chi connectivity index (χ0v) is 18.1. The lowest BCUT2D eigenvalue weighted by molar-refractivity contribution is -0.133. The second-order valence-corrected chi connectivity index (χ2v) is 7.99. The third kappa shape index (κ3) is 4.11. The van der Waals surface area contributed by atoms with Gasteiger partial charge in [-0.15, -0.1) is 0 Å². The minimum atomic E-state index is -1.69. The maximum absolute atomic E-state index is 13.6. The van der Waals surface area contributed by atoms with Crippen LogP contribution in [0, 0.1) is 19.8 Å². The lowest BCUT2D eigenvalue weighted by Crippen LogP contribution is -2.31. The zero-order valence-electron chi connectivity index (χ0n) is 18.1. The van der Waals surface area contributed by atoms with Crippen LogP contribution in [0.25, 0.3) is 5.57 Å². The monoisotopic (exact) mass is 439 g/mol. The van der Waals surface area contributed by atoms with Crippen LogP contribution in [0.2, 0.25) is 0 Å². The van der Waals surface area contributed by atoms with Gasteiger partial charge in [0.2, 0.25) is 0 Å². The van der Waals surface area contributed by atoms with E-state index < -0.39 is 34.9 Å². The first-order valence-electron chi connectivity index (χ1n) is 10.4. The molecule has 0 fully saturated rings. The quantitative estimate of drug-likeness (QED) is 0.335. The number of fused-ring (bicyclic) bond motifs is 1. The summed E-state index contributed by atoms with van der Waals surface area (Å²) in [4.78, 5) is 52.6. The number of carbonyl (C=O) groups is 4. The number of carbonyl (C=O) groups excluding carboxylic acids is 3. The molecule has 0 aliphatic carbocycles. The third-order valence-electron chi connectivity index (χ3n) is 5.66. The Labute approximate surface area is 190 Å². The molecule has 3 aromatic carbocycles. The van der Waals surface area contributed by atoms with Crippen molar-refractivity contribution in [3.63, 3.8) is 0 Å². The van der Waals surface area contributed by atoms with Crippen LogP contribution in [0.5, 0.6) is 0 Å². The number of carboxylic acid groups (broad SMARTS) is 1. The van der Waals surface area contributed by atoms with Crippen LogP contribution in [0.15, 0.2) is 78.4 Å². The molecule has 6 nitrogen and oxygen atoms in total. The van der Waals surface area contributed by atoms with E-state index in [9.17, 15) is 24.3 Å². The first-order chi connectivity index (χ1) is 15.8. The average Bonchev–Trinajstić information content (AvgIpc) is 3.12. The smallest absolute Gasteiger partial charge is 0.333 e. The van der Waals surface area contributed by atoms with Crippen LogP contribution in [-0.2, 0) is 9.59 Å². The molecule has 0 saturated heterocycles. The van der Waals surface area contributed by atoms with E-state index in [-0.39, 0.29) is 16.7 Å². The second-order valence-electron chi connectivity index (χ2n) is 7.99. The van der Waals surface area contributed by atoms with E-state index in [1.54, 1.807) is 72.8 Å². The summed E-state index contributed by atoms with van der Waals surface area (Å²) >= 11 is 0. The maximum Gasteiger partial charge on any atom is 0.333 e. The summed E-state index contributed by atoms with van der Waals surface area (Å²) in [6.45, 7) is 3.71. The fourth-order valence-corrected chi connectivity index (χ4v) is 3.91. The van der Waals surface area contributed by atoms with E-state index in [1.165, 1.54) is 0 Å². The molecule has 0 radical (unpaired) electrons. The van der Waals surface area contributed by atoms with Crippen molar-refractivity contribution in [1.29, 1.82) is 0 Å². The Balaban J connectivity index is 1.96. The molecule has 0 aromatic heterocycles. The highest BCUT2D eigenvalue weighted by Crippen LogP contribution is 2.37. The predicted molar refractivity (Wildman–Crippen MR) is 124 cm³/mol. The molecule has 0 spiro atoms. The van der Waals surface area contributed by atoms with Crippen LogP contribution in [0.1, 0.15) is 37.4 Å². The number of carboxylic acids is 1. The van der Waals surface area contributed by atoms with E-state index in [2.05, 4.69) is 5.32 Å². The number of anilines is 1. The summed E-state index contributed by atoms with van der Waals surface area (Å²) in [5.74, 6) is -5.21. The molecular formula is C27H21NO5. The number of rotatable bonds is 6. The summed E-state index contributed by atoms with van der Waals surface area (Å²) in [6.07, 6.45) is 0. The standard InChI is InChI=1S/C27H21NO5/c1-15-7-11-17(12-8-15)24(29)23(25(30)18-13-9-16(2)10-14-18)22(27(32)33)21-19-5-3-4-6-20(19)28-26(21)31/h3-14,23H,1-2H3,(H,28,31)(H,32,33)/b22-21-. The number of aryl methyl sites for hydroxylation is 2. The molecule has 1 aliphatic heterocycles. The van der Waals surface area contributed by atoms with E-state index in [0.29, 0.717) is 11.3 Å². The summed E-state index contributed by atoms with van der Waals surface area (Å²) in [6, 6.07) is 19.7. The molecule has 33 heavy (non-hydrogen) atoms. The van der Waals surface area contributed by atoms with Crippen LogP contribution in [-0.4, -0.2) is 28.5 Å². The van der Waals surface area contributed by atoms with Gasteiger partial charge in [0, 0.05) is 22.4 Å². The van der Waals surface area contributed by atoms with Crippen LogP contribution < -0.4 is 5.32 Å². The number of ketones is 2. The van der Waals surface area contributed by atoms with Gasteiger partial charge >= 0.3 is 5.97 Å². The van der Waals surface area contributed by atoms with Crippen molar-refractivity contribution in [2.75, 3.05) is 5.32 Å². The van der Waals surface area contributed by atoms with Crippen LogP contribution in [0.3, 0.4) is 0 Å². The molecule has 6 heteroatoms. The van der Waals surface area contributed by atoms with Gasteiger partial charge in [-0.05, 0) is 19.9 Å². The number of nitrogens with one attached hydrogen (secondary N) is 1. The predicted octanol–water partition coefficient (Wildman–Crippen LogP) is 4.48. The molecule has 2 N–H and O–H groups in total. The highest BCUT2D eigenvalue weighted by molar-refractivity contribution is 6.37. The van der Waals surface area contributed by atoms with Crippen molar-refractivity contribution < 1.29 is 24.3 Å². The molecule has 0 saturated carbocycles. The van der Waals surface area contributed by atoms with E-state index in [4.69, 9.17) is 0 Å².